The van der Waals surface area contributed by atoms with Crippen LogP contribution < -0.4 is 5.32 Å². The van der Waals surface area contributed by atoms with Gasteiger partial charge in [0.2, 0.25) is 11.8 Å². The molecular formula is C21H25FN2O2. The highest BCUT2D eigenvalue weighted by molar-refractivity contribution is 5.91. The molecule has 2 aromatic rings. The lowest BCUT2D eigenvalue weighted by Gasteiger charge is -2.31. The normalized spacial score (nSPS) is 11.1. The van der Waals surface area contributed by atoms with E-state index in [1.54, 1.807) is 17.0 Å². The number of halogens is 1. The Balaban J connectivity index is 1.98. The van der Waals surface area contributed by atoms with Crippen molar-refractivity contribution in [3.8, 4) is 0 Å². The summed E-state index contributed by atoms with van der Waals surface area (Å²) < 4.78 is 12.9. The maximum atomic E-state index is 12.9. The molecule has 0 saturated heterocycles. The third kappa shape index (κ3) is 4.91. The quantitative estimate of drug-likeness (QED) is 0.828. The topological polar surface area (TPSA) is 49.4 Å². The minimum atomic E-state index is -0.714. The molecule has 0 aliphatic carbocycles. The first kappa shape index (κ1) is 19.6. The van der Waals surface area contributed by atoms with E-state index < -0.39 is 5.41 Å². The van der Waals surface area contributed by atoms with Crippen LogP contribution in [0.4, 0.5) is 4.39 Å². The molecule has 0 heterocycles. The van der Waals surface area contributed by atoms with Gasteiger partial charge in [0.25, 0.3) is 0 Å². The second kappa shape index (κ2) is 8.61. The number of benzene rings is 2. The summed E-state index contributed by atoms with van der Waals surface area (Å²) in [5, 5.41) is 2.77. The first-order valence-electron chi connectivity index (χ1n) is 8.70. The lowest BCUT2D eigenvalue weighted by molar-refractivity contribution is -0.139. The molecule has 0 fully saturated rings. The summed E-state index contributed by atoms with van der Waals surface area (Å²) in [6.45, 7) is 6.32. The number of nitrogens with one attached hydrogen (secondary N) is 1. The van der Waals surface area contributed by atoms with E-state index in [0.717, 1.165) is 11.1 Å². The largest absolute Gasteiger partial charge is 0.350 e. The van der Waals surface area contributed by atoms with E-state index in [1.165, 1.54) is 12.1 Å². The average Bonchev–Trinajstić information content (AvgIpc) is 2.65. The van der Waals surface area contributed by atoms with Crippen molar-refractivity contribution < 1.29 is 14.0 Å². The van der Waals surface area contributed by atoms with E-state index in [1.807, 2.05) is 51.1 Å². The summed E-state index contributed by atoms with van der Waals surface area (Å²) >= 11 is 0. The van der Waals surface area contributed by atoms with Gasteiger partial charge in [0.15, 0.2) is 0 Å². The fourth-order valence-electron chi connectivity index (χ4n) is 2.73. The van der Waals surface area contributed by atoms with Gasteiger partial charge in [0.1, 0.15) is 5.82 Å². The monoisotopic (exact) mass is 356 g/mol. The van der Waals surface area contributed by atoms with Crippen molar-refractivity contribution in [3.05, 3.63) is 71.5 Å². The van der Waals surface area contributed by atoms with Gasteiger partial charge in [-0.3, -0.25) is 9.59 Å². The van der Waals surface area contributed by atoms with E-state index >= 15 is 0 Å². The van der Waals surface area contributed by atoms with Gasteiger partial charge in [-0.15, -0.1) is 0 Å². The van der Waals surface area contributed by atoms with E-state index in [2.05, 4.69) is 5.32 Å². The van der Waals surface area contributed by atoms with Crippen molar-refractivity contribution in [2.75, 3.05) is 13.1 Å². The number of hydrogen-bond donors (Lipinski definition) is 1. The van der Waals surface area contributed by atoms with Crippen LogP contribution in [0.5, 0.6) is 0 Å². The molecule has 0 aromatic heterocycles. The molecule has 138 valence electrons. The van der Waals surface area contributed by atoms with Crippen LogP contribution in [-0.2, 0) is 21.5 Å². The number of hydrogen-bond acceptors (Lipinski definition) is 2. The van der Waals surface area contributed by atoms with Gasteiger partial charge in [-0.2, -0.15) is 0 Å². The Hall–Kier alpha value is -2.69. The lowest BCUT2D eigenvalue weighted by Crippen LogP contribution is -2.47. The van der Waals surface area contributed by atoms with Crippen molar-refractivity contribution in [2.45, 2.75) is 32.7 Å². The number of nitrogens with zero attached hydrogens (tertiary/aromatic N) is 1. The number of carbonyl (C=O) groups is 2. The van der Waals surface area contributed by atoms with Crippen molar-refractivity contribution in [1.29, 1.82) is 0 Å². The van der Waals surface area contributed by atoms with Gasteiger partial charge in [0.05, 0.1) is 12.0 Å². The summed E-state index contributed by atoms with van der Waals surface area (Å²) in [5.41, 5.74) is 1.00. The van der Waals surface area contributed by atoms with Crippen LogP contribution in [-0.4, -0.2) is 29.8 Å². The number of likely N-dealkylation sites (N-methyl/N-ethyl adjacent to an activating group) is 1. The highest BCUT2D eigenvalue weighted by Gasteiger charge is 2.33. The van der Waals surface area contributed by atoms with E-state index in [9.17, 15) is 14.0 Å². The van der Waals surface area contributed by atoms with Crippen molar-refractivity contribution in [2.24, 2.45) is 0 Å². The molecule has 1 N–H and O–H groups in total. The summed E-state index contributed by atoms with van der Waals surface area (Å²) in [7, 11) is 0. The first-order valence-corrected chi connectivity index (χ1v) is 8.70. The fraction of sp³-hybridized carbons (Fsp3) is 0.333. The van der Waals surface area contributed by atoms with Crippen molar-refractivity contribution >= 4 is 11.8 Å². The van der Waals surface area contributed by atoms with Crippen LogP contribution >= 0.6 is 0 Å². The van der Waals surface area contributed by atoms with Crippen molar-refractivity contribution in [1.82, 2.24) is 10.2 Å². The van der Waals surface area contributed by atoms with Gasteiger partial charge in [-0.25, -0.2) is 4.39 Å². The molecule has 5 heteroatoms. The molecular weight excluding hydrogens is 331 g/mol. The second-order valence-corrected chi connectivity index (χ2v) is 6.71. The molecule has 0 aliphatic rings. The minimum absolute atomic E-state index is 0.00715. The molecule has 0 spiro atoms. The second-order valence-electron chi connectivity index (χ2n) is 6.71. The summed E-state index contributed by atoms with van der Waals surface area (Å²) in [6.07, 6.45) is 0. The summed E-state index contributed by atoms with van der Waals surface area (Å²) in [6, 6.07) is 15.5. The van der Waals surface area contributed by atoms with Crippen LogP contribution in [0.15, 0.2) is 54.6 Å². The first-order chi connectivity index (χ1) is 12.3. The fourth-order valence-corrected chi connectivity index (χ4v) is 2.73. The molecule has 2 amide bonds. The molecule has 0 bridgehead atoms. The maximum Gasteiger partial charge on any atom is 0.239 e. The highest BCUT2D eigenvalue weighted by Crippen LogP contribution is 2.25. The Bertz CT molecular complexity index is 742. The van der Waals surface area contributed by atoms with Crippen LogP contribution in [0.25, 0.3) is 0 Å². The van der Waals surface area contributed by atoms with Gasteiger partial charge < -0.3 is 10.2 Å². The zero-order valence-electron chi connectivity index (χ0n) is 15.5. The number of carbonyl (C=O) groups excluding carboxylic acids is 2. The molecule has 2 rings (SSSR count). The number of rotatable bonds is 7. The predicted molar refractivity (Wildman–Crippen MR) is 100.0 cm³/mol. The van der Waals surface area contributed by atoms with Gasteiger partial charge in [0, 0.05) is 13.1 Å². The molecule has 0 unspecified atom stereocenters. The minimum Gasteiger partial charge on any atom is -0.350 e. The van der Waals surface area contributed by atoms with E-state index in [4.69, 9.17) is 0 Å². The van der Waals surface area contributed by atoms with Crippen LogP contribution in [0.1, 0.15) is 31.9 Å². The standard InChI is InChI=1S/C21H25FN2O2/c1-4-24(20(26)21(2,3)17-8-6-5-7-9-17)15-19(25)23-14-16-10-12-18(22)13-11-16/h5-13H,4,14-15H2,1-3H3,(H,23,25). The number of amides is 2. The van der Waals surface area contributed by atoms with Crippen LogP contribution in [0.2, 0.25) is 0 Å². The Kier molecular flexibility index (Phi) is 6.50. The maximum absolute atomic E-state index is 12.9. The Labute approximate surface area is 154 Å². The van der Waals surface area contributed by atoms with E-state index in [0.29, 0.717) is 13.1 Å². The zero-order valence-corrected chi connectivity index (χ0v) is 15.5. The Morgan fingerprint density at radius 1 is 1.04 bits per heavy atom. The van der Waals surface area contributed by atoms with Crippen LogP contribution in [0.3, 0.4) is 0 Å². The van der Waals surface area contributed by atoms with E-state index in [-0.39, 0.29) is 24.2 Å². The van der Waals surface area contributed by atoms with Gasteiger partial charge >= 0.3 is 0 Å². The molecule has 0 atom stereocenters. The van der Waals surface area contributed by atoms with Crippen molar-refractivity contribution in [3.63, 3.8) is 0 Å². The molecule has 0 aliphatic heterocycles. The molecule has 4 nitrogen and oxygen atoms in total. The molecule has 2 aromatic carbocycles. The lowest BCUT2D eigenvalue weighted by atomic mass is 9.83. The summed E-state index contributed by atoms with van der Waals surface area (Å²) in [5.74, 6) is -0.650. The predicted octanol–water partition coefficient (Wildman–Crippen LogP) is 3.27. The third-order valence-electron chi connectivity index (χ3n) is 4.44. The van der Waals surface area contributed by atoms with Gasteiger partial charge in [-0.1, -0.05) is 42.5 Å². The third-order valence-corrected chi connectivity index (χ3v) is 4.44. The SMILES string of the molecule is CCN(CC(=O)NCc1ccc(F)cc1)C(=O)C(C)(C)c1ccccc1. The average molecular weight is 356 g/mol. The zero-order chi connectivity index (χ0) is 19.2. The van der Waals surface area contributed by atoms with Gasteiger partial charge in [-0.05, 0) is 44.0 Å². The highest BCUT2D eigenvalue weighted by atomic mass is 19.1. The molecule has 26 heavy (non-hydrogen) atoms. The Morgan fingerprint density at radius 2 is 1.65 bits per heavy atom. The molecule has 0 radical (unpaired) electrons. The smallest absolute Gasteiger partial charge is 0.239 e. The van der Waals surface area contributed by atoms with Crippen LogP contribution in [0, 0.1) is 5.82 Å². The molecule has 0 saturated carbocycles. The summed E-state index contributed by atoms with van der Waals surface area (Å²) in [4.78, 5) is 26.7. The Morgan fingerprint density at radius 3 is 2.23 bits per heavy atom.